The van der Waals surface area contributed by atoms with E-state index in [-0.39, 0.29) is 29.6 Å². The third-order valence-corrected chi connectivity index (χ3v) is 5.23. The number of rotatable bonds is 4. The molecule has 1 aliphatic heterocycles. The molecule has 140 valence electrons. The Morgan fingerprint density at radius 1 is 1.27 bits per heavy atom. The van der Waals surface area contributed by atoms with Crippen LogP contribution in [-0.4, -0.2) is 48.3 Å². The van der Waals surface area contributed by atoms with Gasteiger partial charge in [0.1, 0.15) is 18.0 Å². The molecule has 3 rings (SSSR count). The average molecular weight is 359 g/mol. The molecular formula is C18H25N5O3. The lowest BCUT2D eigenvalue weighted by Gasteiger charge is -2.31. The zero-order chi connectivity index (χ0) is 18.8. The number of carbonyl (C=O) groups excluding carboxylic acids is 1. The minimum absolute atomic E-state index is 0.141. The first-order chi connectivity index (χ1) is 12.5. The van der Waals surface area contributed by atoms with Crippen LogP contribution in [0.25, 0.3) is 0 Å². The second-order valence-electron chi connectivity index (χ2n) is 6.70. The van der Waals surface area contributed by atoms with Gasteiger partial charge in [0, 0.05) is 38.3 Å². The highest BCUT2D eigenvalue weighted by molar-refractivity contribution is 5.94. The normalized spacial score (nSPS) is 15.5. The number of amides is 1. The van der Waals surface area contributed by atoms with Gasteiger partial charge in [0.2, 0.25) is 0 Å². The molecule has 1 saturated heterocycles. The predicted molar refractivity (Wildman–Crippen MR) is 95.9 cm³/mol. The highest BCUT2D eigenvalue weighted by Crippen LogP contribution is 2.27. The molecule has 2 aromatic rings. The monoisotopic (exact) mass is 359 g/mol. The second kappa shape index (κ2) is 7.41. The van der Waals surface area contributed by atoms with Gasteiger partial charge >= 0.3 is 0 Å². The summed E-state index contributed by atoms with van der Waals surface area (Å²) >= 11 is 0. The molecule has 1 amide bonds. The summed E-state index contributed by atoms with van der Waals surface area (Å²) in [6.07, 6.45) is 1.52. The molecule has 1 N–H and O–H groups in total. The molecule has 8 nitrogen and oxygen atoms in total. The Balaban J connectivity index is 1.73. The SMILES string of the molecule is CCn1c(C)ccc(C(=O)N2CCC(c3nnc(CO)n3C)CC2)c1=O. The van der Waals surface area contributed by atoms with E-state index in [2.05, 4.69) is 10.2 Å². The van der Waals surface area contributed by atoms with Gasteiger partial charge < -0.3 is 19.1 Å². The van der Waals surface area contributed by atoms with Crippen molar-refractivity contribution < 1.29 is 9.90 Å². The second-order valence-corrected chi connectivity index (χ2v) is 6.70. The number of carbonyl (C=O) groups is 1. The third-order valence-electron chi connectivity index (χ3n) is 5.23. The number of aliphatic hydroxyl groups excluding tert-OH is 1. The van der Waals surface area contributed by atoms with Crippen LogP contribution < -0.4 is 5.56 Å². The number of hydrogen-bond acceptors (Lipinski definition) is 5. The van der Waals surface area contributed by atoms with Gasteiger partial charge in [-0.15, -0.1) is 10.2 Å². The number of nitrogens with zero attached hydrogens (tertiary/aromatic N) is 5. The van der Waals surface area contributed by atoms with Crippen molar-refractivity contribution >= 4 is 5.91 Å². The van der Waals surface area contributed by atoms with Crippen LogP contribution in [0.4, 0.5) is 0 Å². The zero-order valence-corrected chi connectivity index (χ0v) is 15.5. The summed E-state index contributed by atoms with van der Waals surface area (Å²) < 4.78 is 3.44. The van der Waals surface area contributed by atoms with Crippen molar-refractivity contribution in [2.45, 2.75) is 45.8 Å². The molecule has 8 heteroatoms. The standard InChI is InChI=1S/C18H25N5O3/c1-4-23-12(2)5-6-14(18(23)26)17(25)22-9-7-13(8-10-22)16-20-19-15(11-24)21(16)3/h5-6,13,24H,4,7-11H2,1-3H3. The Kier molecular flexibility index (Phi) is 5.22. The molecule has 3 heterocycles. The summed E-state index contributed by atoms with van der Waals surface area (Å²) in [5.74, 6) is 1.37. The van der Waals surface area contributed by atoms with Gasteiger partial charge in [0.25, 0.3) is 11.5 Å². The minimum atomic E-state index is -0.222. The van der Waals surface area contributed by atoms with Gasteiger partial charge in [-0.1, -0.05) is 0 Å². The maximum Gasteiger partial charge on any atom is 0.263 e. The lowest BCUT2D eigenvalue weighted by atomic mass is 9.95. The van der Waals surface area contributed by atoms with Gasteiger partial charge in [0.05, 0.1) is 0 Å². The first-order valence-corrected chi connectivity index (χ1v) is 8.96. The van der Waals surface area contributed by atoms with E-state index >= 15 is 0 Å². The number of piperidine rings is 1. The Morgan fingerprint density at radius 2 is 1.96 bits per heavy atom. The number of hydrogen-bond donors (Lipinski definition) is 1. The lowest BCUT2D eigenvalue weighted by molar-refractivity contribution is 0.0708. The number of pyridine rings is 1. The van der Waals surface area contributed by atoms with Crippen LogP contribution in [0.15, 0.2) is 16.9 Å². The van der Waals surface area contributed by atoms with E-state index in [1.54, 1.807) is 15.5 Å². The Hall–Kier alpha value is -2.48. The quantitative estimate of drug-likeness (QED) is 0.872. The van der Waals surface area contributed by atoms with Crippen molar-refractivity contribution in [3.63, 3.8) is 0 Å². The fourth-order valence-corrected chi connectivity index (χ4v) is 3.61. The van der Waals surface area contributed by atoms with E-state index in [0.29, 0.717) is 25.5 Å². The van der Waals surface area contributed by atoms with Crippen molar-refractivity contribution in [2.24, 2.45) is 7.05 Å². The molecule has 0 spiro atoms. The first kappa shape index (κ1) is 18.3. The third kappa shape index (κ3) is 3.16. The van der Waals surface area contributed by atoms with Crippen molar-refractivity contribution in [1.29, 1.82) is 0 Å². The fourth-order valence-electron chi connectivity index (χ4n) is 3.61. The van der Waals surface area contributed by atoms with E-state index in [1.165, 1.54) is 0 Å². The van der Waals surface area contributed by atoms with Gasteiger partial charge in [-0.05, 0) is 38.8 Å². The molecule has 2 aromatic heterocycles. The number of aromatic nitrogens is 4. The molecule has 0 bridgehead atoms. The van der Waals surface area contributed by atoms with E-state index in [1.807, 2.05) is 31.5 Å². The van der Waals surface area contributed by atoms with Crippen molar-refractivity contribution in [1.82, 2.24) is 24.2 Å². The molecule has 0 atom stereocenters. The number of aryl methyl sites for hydroxylation is 1. The lowest BCUT2D eigenvalue weighted by Crippen LogP contribution is -2.41. The van der Waals surface area contributed by atoms with Crippen LogP contribution in [0.1, 0.15) is 53.4 Å². The molecule has 1 fully saturated rings. The molecule has 0 unspecified atom stereocenters. The van der Waals surface area contributed by atoms with Gasteiger partial charge in [-0.2, -0.15) is 0 Å². The van der Waals surface area contributed by atoms with Crippen LogP contribution in [-0.2, 0) is 20.2 Å². The largest absolute Gasteiger partial charge is 0.388 e. The summed E-state index contributed by atoms with van der Waals surface area (Å²) in [6, 6.07) is 3.45. The van der Waals surface area contributed by atoms with Crippen LogP contribution in [0.5, 0.6) is 0 Å². The topological polar surface area (TPSA) is 93.2 Å². The summed E-state index contributed by atoms with van der Waals surface area (Å²) in [4.78, 5) is 27.1. The summed E-state index contributed by atoms with van der Waals surface area (Å²) in [6.45, 7) is 5.32. The molecule has 1 aliphatic rings. The zero-order valence-electron chi connectivity index (χ0n) is 15.5. The van der Waals surface area contributed by atoms with Crippen LogP contribution >= 0.6 is 0 Å². The van der Waals surface area contributed by atoms with Gasteiger partial charge in [-0.3, -0.25) is 9.59 Å². The molecule has 0 radical (unpaired) electrons. The van der Waals surface area contributed by atoms with Crippen molar-refractivity contribution in [3.05, 3.63) is 45.4 Å². The fraction of sp³-hybridized carbons (Fsp3) is 0.556. The van der Waals surface area contributed by atoms with Gasteiger partial charge in [0.15, 0.2) is 5.82 Å². The highest BCUT2D eigenvalue weighted by Gasteiger charge is 2.29. The smallest absolute Gasteiger partial charge is 0.263 e. The maximum absolute atomic E-state index is 12.8. The number of aliphatic hydroxyl groups is 1. The van der Waals surface area contributed by atoms with Crippen molar-refractivity contribution in [3.8, 4) is 0 Å². The molecule has 0 aliphatic carbocycles. The Morgan fingerprint density at radius 3 is 2.54 bits per heavy atom. The minimum Gasteiger partial charge on any atom is -0.388 e. The van der Waals surface area contributed by atoms with E-state index in [4.69, 9.17) is 0 Å². The van der Waals surface area contributed by atoms with Crippen LogP contribution in [0.3, 0.4) is 0 Å². The Labute approximate surface area is 152 Å². The summed E-state index contributed by atoms with van der Waals surface area (Å²) in [5.41, 5.74) is 0.868. The highest BCUT2D eigenvalue weighted by atomic mass is 16.3. The summed E-state index contributed by atoms with van der Waals surface area (Å²) in [5, 5.41) is 17.4. The molecule has 0 aromatic carbocycles. The van der Waals surface area contributed by atoms with E-state index in [0.717, 1.165) is 24.4 Å². The predicted octanol–water partition coefficient (Wildman–Crippen LogP) is 0.817. The van der Waals surface area contributed by atoms with Crippen LogP contribution in [0, 0.1) is 6.92 Å². The maximum atomic E-state index is 12.8. The van der Waals surface area contributed by atoms with E-state index in [9.17, 15) is 14.7 Å². The molecular weight excluding hydrogens is 334 g/mol. The first-order valence-electron chi connectivity index (χ1n) is 8.96. The molecule has 0 saturated carbocycles. The average Bonchev–Trinajstić information content (AvgIpc) is 3.02. The summed E-state index contributed by atoms with van der Waals surface area (Å²) in [7, 11) is 1.85. The van der Waals surface area contributed by atoms with Gasteiger partial charge in [-0.25, -0.2) is 0 Å². The van der Waals surface area contributed by atoms with Crippen LogP contribution in [0.2, 0.25) is 0 Å². The van der Waals surface area contributed by atoms with Crippen molar-refractivity contribution in [2.75, 3.05) is 13.1 Å². The Bertz CT molecular complexity index is 862. The number of likely N-dealkylation sites (tertiary alicyclic amines) is 1. The molecule has 26 heavy (non-hydrogen) atoms. The van der Waals surface area contributed by atoms with E-state index < -0.39 is 0 Å².